The number of hydrogen-bond acceptors (Lipinski definition) is 9. The Morgan fingerprint density at radius 3 is 2.78 bits per heavy atom. The number of aromatic amines is 1. The summed E-state index contributed by atoms with van der Waals surface area (Å²) in [6.45, 7) is 8.98. The maximum Gasteiger partial charge on any atom is 0.245 e. The second kappa shape index (κ2) is 11.5. The van der Waals surface area contributed by atoms with Crippen LogP contribution in [-0.2, 0) is 9.53 Å². The summed E-state index contributed by atoms with van der Waals surface area (Å²) in [5, 5.41) is 11.3. The maximum absolute atomic E-state index is 15.3. The number of halogens is 1. The number of piperidine rings is 1. The van der Waals surface area contributed by atoms with Gasteiger partial charge < -0.3 is 24.6 Å². The number of morpholine rings is 1. The first-order valence-electron chi connectivity index (χ1n) is 13.7. The summed E-state index contributed by atoms with van der Waals surface area (Å²) >= 11 is 0. The zero-order valence-corrected chi connectivity index (χ0v) is 22.7. The van der Waals surface area contributed by atoms with Crippen molar-refractivity contribution >= 4 is 34.3 Å². The number of nitrogens with one attached hydrogen (secondary N) is 2. The van der Waals surface area contributed by atoms with E-state index in [2.05, 4.69) is 41.9 Å². The topological polar surface area (TPSA) is 121 Å². The van der Waals surface area contributed by atoms with Gasteiger partial charge in [0.25, 0.3) is 0 Å². The number of nitrogens with zero attached hydrogens (tertiary/aromatic N) is 6. The third-order valence-electron chi connectivity index (χ3n) is 7.48. The minimum Gasteiger partial charge on any atom is -0.457 e. The smallest absolute Gasteiger partial charge is 0.245 e. The van der Waals surface area contributed by atoms with Crippen LogP contribution in [0.15, 0.2) is 55.5 Å². The van der Waals surface area contributed by atoms with Gasteiger partial charge in [0.05, 0.1) is 29.5 Å². The fraction of sp³-hybridized carbons (Fsp3) is 0.345. The van der Waals surface area contributed by atoms with Crippen LogP contribution in [-0.4, -0.2) is 74.8 Å². The Labute approximate surface area is 236 Å². The standard InChI is InChI=1S/C29H31FN8O3/c1-3-25(39)37-10-7-19(8-11-37)27-26-28(32-17-33-29(26)36-35-27)34-23-5-4-20(14-22(23)30)41-21-6-9-31-24(15-21)38-12-13-40-18(2)16-38/h3-6,9,14-15,17-19H,1,7-8,10-13,16H2,2H3,(H2,32,33,34,35,36). The number of benzene rings is 1. The van der Waals surface area contributed by atoms with E-state index in [1.54, 1.807) is 29.3 Å². The van der Waals surface area contributed by atoms with Crippen molar-refractivity contribution in [1.29, 1.82) is 0 Å². The molecule has 212 valence electrons. The van der Waals surface area contributed by atoms with E-state index >= 15 is 4.39 Å². The first-order chi connectivity index (χ1) is 20.0. The Bertz CT molecular complexity index is 1570. The minimum atomic E-state index is -0.494. The van der Waals surface area contributed by atoms with E-state index in [4.69, 9.17) is 9.47 Å². The lowest BCUT2D eigenvalue weighted by molar-refractivity contribution is -0.127. The summed E-state index contributed by atoms with van der Waals surface area (Å²) in [6.07, 6.45) is 6.06. The highest BCUT2D eigenvalue weighted by Gasteiger charge is 2.27. The largest absolute Gasteiger partial charge is 0.457 e. The lowest BCUT2D eigenvalue weighted by Crippen LogP contribution is -2.41. The average molecular weight is 559 g/mol. The van der Waals surface area contributed by atoms with Crippen molar-refractivity contribution in [3.8, 4) is 11.5 Å². The number of carbonyl (C=O) groups excluding carboxylic acids is 1. The summed E-state index contributed by atoms with van der Waals surface area (Å²) in [5.41, 5.74) is 1.61. The van der Waals surface area contributed by atoms with Crippen LogP contribution in [0.25, 0.3) is 11.0 Å². The number of fused-ring (bicyclic) bond motifs is 1. The molecule has 5 heterocycles. The predicted octanol–water partition coefficient (Wildman–Crippen LogP) is 4.54. The van der Waals surface area contributed by atoms with Gasteiger partial charge in [0, 0.05) is 50.4 Å². The quantitative estimate of drug-likeness (QED) is 0.315. The zero-order valence-electron chi connectivity index (χ0n) is 22.7. The monoisotopic (exact) mass is 558 g/mol. The van der Waals surface area contributed by atoms with Crippen LogP contribution in [0.2, 0.25) is 0 Å². The van der Waals surface area contributed by atoms with Crippen LogP contribution in [0.1, 0.15) is 31.4 Å². The van der Waals surface area contributed by atoms with Crippen LogP contribution < -0.4 is 15.0 Å². The molecule has 1 atom stereocenters. The van der Waals surface area contributed by atoms with E-state index in [-0.39, 0.29) is 23.6 Å². The highest BCUT2D eigenvalue weighted by atomic mass is 19.1. The molecule has 2 fully saturated rings. The molecule has 0 spiro atoms. The van der Waals surface area contributed by atoms with Crippen molar-refractivity contribution in [1.82, 2.24) is 30.0 Å². The van der Waals surface area contributed by atoms with E-state index in [0.717, 1.165) is 37.4 Å². The number of rotatable bonds is 7. The van der Waals surface area contributed by atoms with Crippen molar-refractivity contribution in [2.75, 3.05) is 43.0 Å². The summed E-state index contributed by atoms with van der Waals surface area (Å²) in [4.78, 5) is 29.1. The van der Waals surface area contributed by atoms with Gasteiger partial charge in [0.2, 0.25) is 5.91 Å². The maximum atomic E-state index is 15.3. The van der Waals surface area contributed by atoms with Gasteiger partial charge in [-0.2, -0.15) is 5.10 Å². The number of carbonyl (C=O) groups is 1. The van der Waals surface area contributed by atoms with E-state index in [1.165, 1.54) is 18.5 Å². The van der Waals surface area contributed by atoms with Gasteiger partial charge in [-0.1, -0.05) is 6.58 Å². The molecule has 11 nitrogen and oxygen atoms in total. The lowest BCUT2D eigenvalue weighted by Gasteiger charge is -2.32. The number of aromatic nitrogens is 5. The molecule has 0 bridgehead atoms. The number of likely N-dealkylation sites (tertiary alicyclic amines) is 1. The Kier molecular flexibility index (Phi) is 7.47. The second-order valence-electron chi connectivity index (χ2n) is 10.2. The molecule has 6 rings (SSSR count). The molecule has 2 aliphatic heterocycles. The Morgan fingerprint density at radius 2 is 2.00 bits per heavy atom. The number of pyridine rings is 1. The second-order valence-corrected chi connectivity index (χ2v) is 10.2. The van der Waals surface area contributed by atoms with E-state index in [0.29, 0.717) is 48.0 Å². The molecule has 0 radical (unpaired) electrons. The number of hydrogen-bond donors (Lipinski definition) is 2. The fourth-order valence-corrected chi connectivity index (χ4v) is 5.37. The molecule has 12 heteroatoms. The van der Waals surface area contributed by atoms with Crippen LogP contribution in [0.3, 0.4) is 0 Å². The summed E-state index contributed by atoms with van der Waals surface area (Å²) in [6, 6.07) is 8.23. The molecular formula is C29H31FN8O3. The van der Waals surface area contributed by atoms with Crippen molar-refractivity contribution in [2.24, 2.45) is 0 Å². The van der Waals surface area contributed by atoms with Crippen LogP contribution in [0.5, 0.6) is 11.5 Å². The SMILES string of the molecule is C=CC(=O)N1CCC(c2[nH]nc3ncnc(Nc4ccc(Oc5ccnc(N6CCOC(C)C6)c5)cc4F)c23)CC1. The van der Waals surface area contributed by atoms with E-state index in [1.807, 2.05) is 13.0 Å². The molecule has 3 aromatic heterocycles. The summed E-state index contributed by atoms with van der Waals surface area (Å²) < 4.78 is 26.9. The van der Waals surface area contributed by atoms with Crippen LogP contribution in [0.4, 0.5) is 21.7 Å². The van der Waals surface area contributed by atoms with Gasteiger partial charge in [0.15, 0.2) is 5.65 Å². The van der Waals surface area contributed by atoms with Crippen LogP contribution in [0, 0.1) is 5.82 Å². The van der Waals surface area contributed by atoms with Gasteiger partial charge in [-0.3, -0.25) is 9.89 Å². The van der Waals surface area contributed by atoms with Gasteiger partial charge in [-0.15, -0.1) is 0 Å². The molecule has 2 N–H and O–H groups in total. The Morgan fingerprint density at radius 1 is 1.17 bits per heavy atom. The van der Waals surface area contributed by atoms with Crippen molar-refractivity contribution in [3.05, 3.63) is 67.0 Å². The van der Waals surface area contributed by atoms with Crippen molar-refractivity contribution < 1.29 is 18.7 Å². The molecule has 0 saturated carbocycles. The summed E-state index contributed by atoms with van der Waals surface area (Å²) in [7, 11) is 0. The molecule has 1 unspecified atom stereocenters. The van der Waals surface area contributed by atoms with Gasteiger partial charge in [0.1, 0.15) is 35.3 Å². The zero-order chi connectivity index (χ0) is 28.3. The van der Waals surface area contributed by atoms with Crippen molar-refractivity contribution in [2.45, 2.75) is 31.8 Å². The lowest BCUT2D eigenvalue weighted by atomic mass is 9.92. The van der Waals surface area contributed by atoms with Crippen molar-refractivity contribution in [3.63, 3.8) is 0 Å². The molecule has 1 amide bonds. The Balaban J connectivity index is 1.18. The third kappa shape index (κ3) is 5.68. The number of anilines is 3. The molecule has 0 aliphatic carbocycles. The average Bonchev–Trinajstić information content (AvgIpc) is 3.44. The molecule has 2 saturated heterocycles. The highest BCUT2D eigenvalue weighted by molar-refractivity contribution is 5.91. The van der Waals surface area contributed by atoms with E-state index in [9.17, 15) is 4.79 Å². The normalized spacial score (nSPS) is 18.0. The first kappa shape index (κ1) is 26.6. The predicted molar refractivity (Wildman–Crippen MR) is 152 cm³/mol. The number of amides is 1. The minimum absolute atomic E-state index is 0.0670. The first-order valence-corrected chi connectivity index (χ1v) is 13.7. The Hall–Kier alpha value is -4.58. The molecule has 4 aromatic rings. The highest BCUT2D eigenvalue weighted by Crippen LogP contribution is 2.36. The molecule has 41 heavy (non-hydrogen) atoms. The number of ether oxygens (including phenoxy) is 2. The van der Waals surface area contributed by atoms with Gasteiger partial charge in [-0.05, 0) is 44.0 Å². The third-order valence-corrected chi connectivity index (χ3v) is 7.48. The van der Waals surface area contributed by atoms with Gasteiger partial charge in [-0.25, -0.2) is 19.3 Å². The number of H-pyrrole nitrogens is 1. The molecule has 1 aromatic carbocycles. The summed E-state index contributed by atoms with van der Waals surface area (Å²) in [5.74, 6) is 1.74. The van der Waals surface area contributed by atoms with Crippen LogP contribution >= 0.6 is 0 Å². The van der Waals surface area contributed by atoms with E-state index < -0.39 is 5.82 Å². The fourth-order valence-electron chi connectivity index (χ4n) is 5.37. The van der Waals surface area contributed by atoms with Gasteiger partial charge >= 0.3 is 0 Å². The molecule has 2 aliphatic rings. The molecular weight excluding hydrogens is 527 g/mol.